The molecular weight excluding hydrogens is 270 g/mol. The van der Waals surface area contributed by atoms with Gasteiger partial charge in [0.1, 0.15) is 5.82 Å². The zero-order valence-corrected chi connectivity index (χ0v) is 14.2. The summed E-state index contributed by atoms with van der Waals surface area (Å²) in [7, 11) is 0. The first-order chi connectivity index (χ1) is 10.6. The van der Waals surface area contributed by atoms with Gasteiger partial charge in [-0.15, -0.1) is 0 Å². The molecule has 0 atom stereocenters. The Hall–Kier alpha value is -1.77. The van der Waals surface area contributed by atoms with Gasteiger partial charge in [0.25, 0.3) is 0 Å². The fraction of sp³-hybridized carbons (Fsp3) is 0.526. The molecule has 0 amide bonds. The topological polar surface area (TPSA) is 29.9 Å². The van der Waals surface area contributed by atoms with Crippen molar-refractivity contribution in [3.05, 3.63) is 41.1 Å². The Bertz CT molecular complexity index is 653. The molecule has 0 fully saturated rings. The van der Waals surface area contributed by atoms with E-state index in [-0.39, 0.29) is 0 Å². The number of fused-ring (bicyclic) bond motifs is 1. The van der Waals surface area contributed by atoms with Gasteiger partial charge in [-0.2, -0.15) is 5.10 Å². The van der Waals surface area contributed by atoms with Crippen LogP contribution in [0.4, 0.5) is 5.82 Å². The van der Waals surface area contributed by atoms with Crippen LogP contribution >= 0.6 is 0 Å². The van der Waals surface area contributed by atoms with Gasteiger partial charge in [-0.05, 0) is 42.7 Å². The van der Waals surface area contributed by atoms with Crippen LogP contribution < -0.4 is 5.32 Å². The maximum Gasteiger partial charge on any atom is 0.133 e. The van der Waals surface area contributed by atoms with Gasteiger partial charge in [-0.1, -0.05) is 45.9 Å². The normalized spacial score (nSPS) is 14.8. The van der Waals surface area contributed by atoms with Crippen LogP contribution in [0.2, 0.25) is 0 Å². The number of nitrogens with zero attached hydrogens (tertiary/aromatic N) is 2. The number of nitrogens with one attached hydrogen (secondary N) is 1. The third-order valence-corrected chi connectivity index (χ3v) is 4.49. The van der Waals surface area contributed by atoms with Gasteiger partial charge in [0.05, 0.1) is 11.4 Å². The van der Waals surface area contributed by atoms with Crippen LogP contribution in [0.1, 0.15) is 69.2 Å². The van der Waals surface area contributed by atoms with Crippen molar-refractivity contribution in [1.82, 2.24) is 9.78 Å². The summed E-state index contributed by atoms with van der Waals surface area (Å²) in [5.41, 5.74) is 5.25. The van der Waals surface area contributed by atoms with E-state index >= 15 is 0 Å². The monoisotopic (exact) mass is 297 g/mol. The van der Waals surface area contributed by atoms with Crippen LogP contribution in [0, 0.1) is 0 Å². The molecule has 22 heavy (non-hydrogen) atoms. The molecule has 3 rings (SSSR count). The predicted molar refractivity (Wildman–Crippen MR) is 93.2 cm³/mol. The summed E-state index contributed by atoms with van der Waals surface area (Å²) < 4.78 is 2.16. The van der Waals surface area contributed by atoms with E-state index in [1.165, 1.54) is 41.2 Å². The van der Waals surface area contributed by atoms with Gasteiger partial charge in [-0.25, -0.2) is 4.68 Å². The Morgan fingerprint density at radius 2 is 1.82 bits per heavy atom. The van der Waals surface area contributed by atoms with E-state index in [4.69, 9.17) is 5.10 Å². The molecule has 0 radical (unpaired) electrons. The summed E-state index contributed by atoms with van der Waals surface area (Å²) in [6.45, 7) is 10.0. The van der Waals surface area contributed by atoms with Crippen molar-refractivity contribution >= 4 is 5.82 Å². The number of benzene rings is 1. The van der Waals surface area contributed by atoms with Crippen molar-refractivity contribution in [3.8, 4) is 5.69 Å². The summed E-state index contributed by atoms with van der Waals surface area (Å²) in [6.07, 6.45) is 3.62. The number of para-hydroxylation sites is 1. The number of rotatable bonds is 3. The first-order valence-corrected chi connectivity index (χ1v) is 8.54. The van der Waals surface area contributed by atoms with Crippen molar-refractivity contribution in [3.63, 3.8) is 0 Å². The number of hydrogen-bond acceptors (Lipinski definition) is 2. The third kappa shape index (κ3) is 2.65. The van der Waals surface area contributed by atoms with E-state index < -0.39 is 0 Å². The van der Waals surface area contributed by atoms with Crippen LogP contribution in [0.25, 0.3) is 5.69 Å². The summed E-state index contributed by atoms with van der Waals surface area (Å²) in [4.78, 5) is 0. The Kier molecular flexibility index (Phi) is 4.23. The number of anilines is 1. The molecule has 0 saturated heterocycles. The smallest absolute Gasteiger partial charge is 0.133 e. The minimum Gasteiger partial charge on any atom is -0.370 e. The zero-order chi connectivity index (χ0) is 15.7. The SMILES string of the molecule is CC(C)c1ccccc1-n1nc(C(C)C)c2c1NCCCC2. The van der Waals surface area contributed by atoms with Gasteiger partial charge < -0.3 is 5.32 Å². The highest BCUT2D eigenvalue weighted by Gasteiger charge is 2.23. The second-order valence-corrected chi connectivity index (χ2v) is 6.88. The largest absolute Gasteiger partial charge is 0.370 e. The molecule has 0 spiro atoms. The van der Waals surface area contributed by atoms with Gasteiger partial charge in [0.2, 0.25) is 0 Å². The van der Waals surface area contributed by atoms with Crippen molar-refractivity contribution in [2.24, 2.45) is 0 Å². The van der Waals surface area contributed by atoms with Crippen LogP contribution in [-0.2, 0) is 6.42 Å². The van der Waals surface area contributed by atoms with E-state index in [0.29, 0.717) is 11.8 Å². The van der Waals surface area contributed by atoms with Gasteiger partial charge in [0.15, 0.2) is 0 Å². The highest BCUT2D eigenvalue weighted by Crippen LogP contribution is 2.33. The van der Waals surface area contributed by atoms with E-state index in [2.05, 4.69) is 62.0 Å². The minimum absolute atomic E-state index is 0.459. The van der Waals surface area contributed by atoms with Crippen molar-refractivity contribution in [2.45, 2.75) is 58.8 Å². The Labute approximate surface area is 133 Å². The Morgan fingerprint density at radius 3 is 2.55 bits per heavy atom. The molecule has 2 heterocycles. The van der Waals surface area contributed by atoms with Crippen LogP contribution in [-0.4, -0.2) is 16.3 Å². The highest BCUT2D eigenvalue weighted by molar-refractivity contribution is 5.57. The molecule has 3 nitrogen and oxygen atoms in total. The standard InChI is InChI=1S/C19H27N3/c1-13(2)15-9-5-6-11-17(15)22-19-16(10-7-8-12-20-19)18(21-22)14(3)4/h5-6,9,11,13-14,20H,7-8,10,12H2,1-4H3. The molecule has 0 unspecified atom stereocenters. The molecule has 1 aliphatic rings. The summed E-state index contributed by atoms with van der Waals surface area (Å²) in [6, 6.07) is 8.65. The molecule has 0 aliphatic carbocycles. The number of hydrogen-bond donors (Lipinski definition) is 1. The first-order valence-electron chi connectivity index (χ1n) is 8.54. The number of aromatic nitrogens is 2. The first kappa shape index (κ1) is 15.1. The van der Waals surface area contributed by atoms with Crippen LogP contribution in [0.15, 0.2) is 24.3 Å². The zero-order valence-electron chi connectivity index (χ0n) is 14.2. The van der Waals surface area contributed by atoms with Crippen molar-refractivity contribution < 1.29 is 0 Å². The molecule has 1 aromatic heterocycles. The third-order valence-electron chi connectivity index (χ3n) is 4.49. The molecule has 3 heteroatoms. The lowest BCUT2D eigenvalue weighted by molar-refractivity contribution is 0.726. The molecule has 1 N–H and O–H groups in total. The molecule has 1 aliphatic heterocycles. The maximum absolute atomic E-state index is 5.00. The van der Waals surface area contributed by atoms with Crippen LogP contribution in [0.5, 0.6) is 0 Å². The second-order valence-electron chi connectivity index (χ2n) is 6.88. The molecule has 0 bridgehead atoms. The van der Waals surface area contributed by atoms with E-state index in [1.807, 2.05) is 0 Å². The fourth-order valence-corrected chi connectivity index (χ4v) is 3.34. The van der Waals surface area contributed by atoms with Gasteiger partial charge in [-0.3, -0.25) is 0 Å². The van der Waals surface area contributed by atoms with E-state index in [1.54, 1.807) is 0 Å². The average Bonchev–Trinajstić information content (AvgIpc) is 2.69. The van der Waals surface area contributed by atoms with E-state index in [0.717, 1.165) is 13.0 Å². The Balaban J connectivity index is 2.19. The van der Waals surface area contributed by atoms with Crippen molar-refractivity contribution in [2.75, 3.05) is 11.9 Å². The minimum atomic E-state index is 0.459. The van der Waals surface area contributed by atoms with Gasteiger partial charge >= 0.3 is 0 Å². The predicted octanol–water partition coefficient (Wildman–Crippen LogP) is 4.87. The highest BCUT2D eigenvalue weighted by atomic mass is 15.3. The molecule has 118 valence electrons. The Morgan fingerprint density at radius 1 is 1.05 bits per heavy atom. The molecule has 2 aromatic rings. The van der Waals surface area contributed by atoms with Gasteiger partial charge in [0, 0.05) is 12.1 Å². The maximum atomic E-state index is 5.00. The second kappa shape index (κ2) is 6.15. The fourth-order valence-electron chi connectivity index (χ4n) is 3.34. The quantitative estimate of drug-likeness (QED) is 0.876. The van der Waals surface area contributed by atoms with Crippen molar-refractivity contribution in [1.29, 1.82) is 0 Å². The summed E-state index contributed by atoms with van der Waals surface area (Å²) >= 11 is 0. The lowest BCUT2D eigenvalue weighted by Crippen LogP contribution is -2.09. The lowest BCUT2D eigenvalue weighted by Gasteiger charge is -2.15. The molecule has 0 saturated carbocycles. The van der Waals surface area contributed by atoms with E-state index in [9.17, 15) is 0 Å². The average molecular weight is 297 g/mol. The van der Waals surface area contributed by atoms with Crippen LogP contribution in [0.3, 0.4) is 0 Å². The molecular formula is C19H27N3. The summed E-state index contributed by atoms with van der Waals surface area (Å²) in [5, 5.41) is 8.63. The lowest BCUT2D eigenvalue weighted by atomic mass is 10.0. The molecule has 1 aromatic carbocycles. The summed E-state index contributed by atoms with van der Waals surface area (Å²) in [5.74, 6) is 2.17.